The molecule has 1 saturated heterocycles. The van der Waals surface area contributed by atoms with Crippen LogP contribution in [0.1, 0.15) is 12.8 Å². The second-order valence-corrected chi connectivity index (χ2v) is 8.96. The molecule has 2 aromatic carbocycles. The van der Waals surface area contributed by atoms with E-state index in [9.17, 15) is 0 Å². The van der Waals surface area contributed by atoms with E-state index in [1.165, 1.54) is 11.8 Å². The Morgan fingerprint density at radius 1 is 1.12 bits per heavy atom. The lowest BCUT2D eigenvalue weighted by atomic mass is 10.3. The molecule has 1 fully saturated rings. The van der Waals surface area contributed by atoms with Crippen molar-refractivity contribution in [3.8, 4) is 17.2 Å². The minimum absolute atomic E-state index is 0.0528. The highest BCUT2D eigenvalue weighted by molar-refractivity contribution is 8.12. The van der Waals surface area contributed by atoms with Gasteiger partial charge in [-0.3, -0.25) is 0 Å². The summed E-state index contributed by atoms with van der Waals surface area (Å²) in [6.45, 7) is 0.775. The first-order chi connectivity index (χ1) is 16.2. The third-order valence-corrected chi connectivity index (χ3v) is 6.13. The molecule has 2 N–H and O–H groups in total. The lowest BCUT2D eigenvalue weighted by molar-refractivity contribution is 0.162. The average Bonchev–Trinajstić information content (AvgIpc) is 3.35. The predicted molar refractivity (Wildman–Crippen MR) is 134 cm³/mol. The summed E-state index contributed by atoms with van der Waals surface area (Å²) < 4.78 is 21.1. The number of hydrogen-bond acceptors (Lipinski definition) is 8. The Hall–Kier alpha value is -3.01. The lowest BCUT2D eigenvalue weighted by Crippen LogP contribution is -2.08. The van der Waals surface area contributed by atoms with Gasteiger partial charge in [0.25, 0.3) is 0 Å². The molecule has 4 rings (SSSR count). The van der Waals surface area contributed by atoms with E-state index in [4.69, 9.17) is 19.9 Å². The molecule has 1 atom stereocenters. The summed E-state index contributed by atoms with van der Waals surface area (Å²) in [4.78, 5) is 10.8. The Bertz CT molecular complexity index is 1120. The third kappa shape index (κ3) is 6.98. The van der Waals surface area contributed by atoms with E-state index in [1.54, 1.807) is 19.5 Å². The van der Waals surface area contributed by atoms with E-state index in [0.29, 0.717) is 16.7 Å². The summed E-state index contributed by atoms with van der Waals surface area (Å²) in [6, 6.07) is 19.2. The van der Waals surface area contributed by atoms with Crippen molar-refractivity contribution in [2.75, 3.05) is 13.7 Å². The van der Waals surface area contributed by atoms with Crippen LogP contribution in [0.2, 0.25) is 0 Å². The van der Waals surface area contributed by atoms with Crippen LogP contribution in [-0.4, -0.2) is 36.2 Å². The molecule has 170 valence electrons. The van der Waals surface area contributed by atoms with E-state index in [-0.39, 0.29) is 6.10 Å². The van der Waals surface area contributed by atoms with Crippen LogP contribution in [0.3, 0.4) is 0 Å². The molecule has 1 unspecified atom stereocenters. The maximum absolute atomic E-state index is 6.12. The number of benzene rings is 2. The number of rotatable bonds is 8. The molecule has 1 aliphatic heterocycles. The number of ether oxygens (including phenoxy) is 3. The standard InChI is InChI=1S/C24H24N4O3S2/c1-29-18-9-5-11-21(13-18)32-22-14-20(31-17-7-3-2-4-8-17)15-26-23(22)28-24(25)33-27-16-19-10-6-12-30-19/h2-5,7-9,11,13-16,19H,6,10,12H2,1H3,(H2,25,26,28)/b27-16+. The van der Waals surface area contributed by atoms with Crippen LogP contribution >= 0.6 is 23.7 Å². The van der Waals surface area contributed by atoms with Crippen molar-refractivity contribution in [3.63, 3.8) is 0 Å². The minimum Gasteiger partial charge on any atom is -0.497 e. The normalized spacial score (nSPS) is 16.3. The van der Waals surface area contributed by atoms with Crippen LogP contribution in [0.4, 0.5) is 5.82 Å². The van der Waals surface area contributed by atoms with E-state index in [0.717, 1.165) is 52.7 Å². The number of aliphatic imine (C=N–C) groups is 1. The minimum atomic E-state index is 0.0528. The van der Waals surface area contributed by atoms with Crippen LogP contribution in [0.15, 0.2) is 86.0 Å². The molecule has 33 heavy (non-hydrogen) atoms. The van der Waals surface area contributed by atoms with E-state index >= 15 is 0 Å². The van der Waals surface area contributed by atoms with Crippen molar-refractivity contribution in [2.45, 2.75) is 28.7 Å². The first-order valence-electron chi connectivity index (χ1n) is 10.4. The summed E-state index contributed by atoms with van der Waals surface area (Å²) in [5.74, 6) is 2.59. The monoisotopic (exact) mass is 480 g/mol. The van der Waals surface area contributed by atoms with E-state index < -0.39 is 0 Å². The van der Waals surface area contributed by atoms with Crippen LogP contribution in [-0.2, 0) is 4.74 Å². The summed E-state index contributed by atoms with van der Waals surface area (Å²) in [5, 5.41) is 0.293. The molecule has 0 radical (unpaired) electrons. The van der Waals surface area contributed by atoms with E-state index in [2.05, 4.69) is 14.4 Å². The molecule has 0 amide bonds. The van der Waals surface area contributed by atoms with Gasteiger partial charge in [-0.05, 0) is 43.2 Å². The van der Waals surface area contributed by atoms with Crippen LogP contribution in [0.5, 0.6) is 17.2 Å². The van der Waals surface area contributed by atoms with Crippen molar-refractivity contribution in [3.05, 3.63) is 66.9 Å². The number of para-hydroxylation sites is 1. The molecular formula is C24H24N4O3S2. The Morgan fingerprint density at radius 3 is 2.76 bits per heavy atom. The number of hydrogen-bond donors (Lipinski definition) is 1. The Morgan fingerprint density at radius 2 is 1.97 bits per heavy atom. The van der Waals surface area contributed by atoms with Gasteiger partial charge >= 0.3 is 0 Å². The topological polar surface area (TPSA) is 91.3 Å². The van der Waals surface area contributed by atoms with Crippen molar-refractivity contribution in [2.24, 2.45) is 15.1 Å². The van der Waals surface area contributed by atoms with E-state index in [1.807, 2.05) is 60.7 Å². The number of methoxy groups -OCH3 is 1. The summed E-state index contributed by atoms with van der Waals surface area (Å²) in [7, 11) is 1.64. The SMILES string of the molecule is COc1cccc(Sc2cc(Oc3ccccc3)cnc2/N=C(/N)S/N=C/C2CCCO2)c1. The van der Waals surface area contributed by atoms with Gasteiger partial charge in [0.2, 0.25) is 0 Å². The fourth-order valence-electron chi connectivity index (χ4n) is 3.05. The summed E-state index contributed by atoms with van der Waals surface area (Å²) in [5.41, 5.74) is 6.12. The molecule has 0 spiro atoms. The Kier molecular flexibility index (Phi) is 8.24. The number of amidine groups is 1. The highest BCUT2D eigenvalue weighted by atomic mass is 32.2. The molecule has 1 aromatic heterocycles. The van der Waals surface area contributed by atoms with Crippen molar-refractivity contribution in [1.82, 2.24) is 4.98 Å². The third-order valence-electron chi connectivity index (χ3n) is 4.61. The van der Waals surface area contributed by atoms with Gasteiger partial charge < -0.3 is 19.9 Å². The Labute approximate surface area is 201 Å². The number of pyridine rings is 1. The molecule has 2 heterocycles. The fourth-order valence-corrected chi connectivity index (χ4v) is 4.42. The molecule has 7 nitrogen and oxygen atoms in total. The van der Waals surface area contributed by atoms with Gasteiger partial charge in [0, 0.05) is 35.7 Å². The van der Waals surface area contributed by atoms with Gasteiger partial charge in [-0.2, -0.15) is 0 Å². The van der Waals surface area contributed by atoms with Gasteiger partial charge in [0.1, 0.15) is 17.2 Å². The second-order valence-electron chi connectivity index (χ2n) is 7.04. The predicted octanol–water partition coefficient (Wildman–Crippen LogP) is 5.88. The Balaban J connectivity index is 1.57. The first-order valence-corrected chi connectivity index (χ1v) is 12.0. The first kappa shape index (κ1) is 23.2. The fraction of sp³-hybridized carbons (Fsp3) is 0.208. The lowest BCUT2D eigenvalue weighted by Gasteiger charge is -2.10. The molecule has 1 aliphatic rings. The maximum Gasteiger partial charge on any atom is 0.183 e. The molecule has 0 saturated carbocycles. The summed E-state index contributed by atoms with van der Waals surface area (Å²) in [6.07, 6.45) is 5.49. The van der Waals surface area contributed by atoms with Crippen molar-refractivity contribution >= 4 is 40.9 Å². The molecule has 0 aliphatic carbocycles. The molecule has 3 aromatic rings. The maximum atomic E-state index is 6.12. The second kappa shape index (κ2) is 11.7. The van der Waals surface area contributed by atoms with Crippen molar-refractivity contribution in [1.29, 1.82) is 0 Å². The zero-order valence-corrected chi connectivity index (χ0v) is 19.7. The van der Waals surface area contributed by atoms with Gasteiger partial charge in [-0.25, -0.2) is 14.4 Å². The zero-order chi connectivity index (χ0) is 22.9. The largest absolute Gasteiger partial charge is 0.497 e. The highest BCUT2D eigenvalue weighted by Gasteiger charge is 2.13. The molecular weight excluding hydrogens is 456 g/mol. The smallest absolute Gasteiger partial charge is 0.183 e. The van der Waals surface area contributed by atoms with Crippen LogP contribution < -0.4 is 15.2 Å². The zero-order valence-electron chi connectivity index (χ0n) is 18.1. The van der Waals surface area contributed by atoms with Gasteiger partial charge in [-0.1, -0.05) is 36.0 Å². The van der Waals surface area contributed by atoms with Crippen LogP contribution in [0.25, 0.3) is 0 Å². The average molecular weight is 481 g/mol. The van der Waals surface area contributed by atoms with Crippen molar-refractivity contribution < 1.29 is 14.2 Å². The number of nitrogens with two attached hydrogens (primary N) is 1. The van der Waals surface area contributed by atoms with Gasteiger partial charge in [0.05, 0.1) is 24.3 Å². The van der Waals surface area contributed by atoms with Gasteiger partial charge in [0.15, 0.2) is 11.0 Å². The summed E-state index contributed by atoms with van der Waals surface area (Å²) >= 11 is 2.60. The van der Waals surface area contributed by atoms with Crippen LogP contribution in [0, 0.1) is 0 Å². The number of aromatic nitrogens is 1. The molecule has 9 heteroatoms. The quantitative estimate of drug-likeness (QED) is 0.245. The molecule has 0 bridgehead atoms. The number of nitrogens with zero attached hydrogens (tertiary/aromatic N) is 3. The van der Waals surface area contributed by atoms with Gasteiger partial charge in [-0.15, -0.1) is 0 Å². The highest BCUT2D eigenvalue weighted by Crippen LogP contribution is 2.38.